The number of carbonyl (C=O) groups excluding carboxylic acids is 2. The zero-order chi connectivity index (χ0) is 16.1. The molecule has 0 radical (unpaired) electrons. The SMILES string of the molecule is CC(OC(=O)Cc1cccs1)C(=O)Nc1ccc(F)cc1F. The summed E-state index contributed by atoms with van der Waals surface area (Å²) in [6.45, 7) is 1.38. The molecule has 4 nitrogen and oxygen atoms in total. The van der Waals surface area contributed by atoms with Gasteiger partial charge in [-0.3, -0.25) is 9.59 Å². The number of esters is 1. The van der Waals surface area contributed by atoms with E-state index in [4.69, 9.17) is 4.74 Å². The van der Waals surface area contributed by atoms with E-state index < -0.39 is 29.6 Å². The number of anilines is 1. The average Bonchev–Trinajstić information content (AvgIpc) is 2.94. The van der Waals surface area contributed by atoms with E-state index in [0.717, 1.165) is 17.0 Å². The van der Waals surface area contributed by atoms with Crippen LogP contribution in [0.25, 0.3) is 0 Å². The number of nitrogens with one attached hydrogen (secondary N) is 1. The van der Waals surface area contributed by atoms with Crippen molar-refractivity contribution in [2.75, 3.05) is 5.32 Å². The number of amides is 1. The van der Waals surface area contributed by atoms with E-state index in [1.165, 1.54) is 18.3 Å². The maximum atomic E-state index is 13.4. The van der Waals surface area contributed by atoms with Gasteiger partial charge in [-0.25, -0.2) is 8.78 Å². The predicted octanol–water partition coefficient (Wildman–Crippen LogP) is 3.14. The summed E-state index contributed by atoms with van der Waals surface area (Å²) in [5.74, 6) is -2.88. The summed E-state index contributed by atoms with van der Waals surface area (Å²) in [5, 5.41) is 4.08. The highest BCUT2D eigenvalue weighted by Gasteiger charge is 2.19. The molecule has 0 saturated carbocycles. The molecule has 0 bridgehead atoms. The fraction of sp³-hybridized carbons (Fsp3) is 0.200. The van der Waals surface area contributed by atoms with Crippen molar-refractivity contribution in [1.82, 2.24) is 0 Å². The fourth-order valence-corrected chi connectivity index (χ4v) is 2.36. The van der Waals surface area contributed by atoms with Crippen LogP contribution in [-0.4, -0.2) is 18.0 Å². The average molecular weight is 325 g/mol. The normalized spacial score (nSPS) is 11.8. The van der Waals surface area contributed by atoms with Crippen LogP contribution in [0.5, 0.6) is 0 Å². The Bertz CT molecular complexity index is 673. The molecule has 1 unspecified atom stereocenters. The third-order valence-electron chi connectivity index (χ3n) is 2.77. The van der Waals surface area contributed by atoms with E-state index in [0.29, 0.717) is 6.07 Å². The molecule has 0 spiro atoms. The Hall–Kier alpha value is -2.28. The number of thiophene rings is 1. The van der Waals surface area contributed by atoms with Crippen LogP contribution < -0.4 is 5.32 Å². The molecule has 0 fully saturated rings. The van der Waals surface area contributed by atoms with Crippen molar-refractivity contribution >= 4 is 28.9 Å². The lowest BCUT2D eigenvalue weighted by Crippen LogP contribution is -2.30. The largest absolute Gasteiger partial charge is 0.452 e. The first-order valence-corrected chi connectivity index (χ1v) is 7.31. The Labute approximate surface area is 129 Å². The van der Waals surface area contributed by atoms with Crippen molar-refractivity contribution in [3.05, 3.63) is 52.2 Å². The summed E-state index contributed by atoms with van der Waals surface area (Å²) < 4.78 is 31.2. The van der Waals surface area contributed by atoms with Crippen LogP contribution in [-0.2, 0) is 20.7 Å². The van der Waals surface area contributed by atoms with E-state index >= 15 is 0 Å². The van der Waals surface area contributed by atoms with Crippen molar-refractivity contribution in [2.24, 2.45) is 0 Å². The molecule has 0 saturated heterocycles. The Kier molecular flexibility index (Phi) is 5.21. The summed E-state index contributed by atoms with van der Waals surface area (Å²) in [5.41, 5.74) is -0.174. The summed E-state index contributed by atoms with van der Waals surface area (Å²) >= 11 is 1.41. The quantitative estimate of drug-likeness (QED) is 0.859. The van der Waals surface area contributed by atoms with Crippen LogP contribution in [0.2, 0.25) is 0 Å². The van der Waals surface area contributed by atoms with Gasteiger partial charge in [0, 0.05) is 10.9 Å². The topological polar surface area (TPSA) is 55.4 Å². The zero-order valence-electron chi connectivity index (χ0n) is 11.6. The van der Waals surface area contributed by atoms with Gasteiger partial charge in [0.2, 0.25) is 0 Å². The molecule has 2 rings (SSSR count). The summed E-state index contributed by atoms with van der Waals surface area (Å²) in [6, 6.07) is 6.36. The van der Waals surface area contributed by atoms with E-state index in [1.54, 1.807) is 12.1 Å². The minimum absolute atomic E-state index is 0.0696. The third-order valence-corrected chi connectivity index (χ3v) is 3.64. The van der Waals surface area contributed by atoms with Crippen molar-refractivity contribution in [1.29, 1.82) is 0 Å². The number of hydrogen-bond acceptors (Lipinski definition) is 4. The van der Waals surface area contributed by atoms with Crippen LogP contribution in [0.4, 0.5) is 14.5 Å². The molecule has 1 atom stereocenters. The van der Waals surface area contributed by atoms with Gasteiger partial charge in [-0.05, 0) is 30.5 Å². The van der Waals surface area contributed by atoms with E-state index in [2.05, 4.69) is 5.32 Å². The highest BCUT2D eigenvalue weighted by Crippen LogP contribution is 2.16. The Balaban J connectivity index is 1.90. The number of ether oxygens (including phenoxy) is 1. The highest BCUT2D eigenvalue weighted by molar-refractivity contribution is 7.10. The summed E-state index contributed by atoms with van der Waals surface area (Å²) in [4.78, 5) is 24.3. The van der Waals surface area contributed by atoms with Gasteiger partial charge in [0.15, 0.2) is 6.10 Å². The molecule has 0 aliphatic heterocycles. The van der Waals surface area contributed by atoms with Crippen molar-refractivity contribution in [3.63, 3.8) is 0 Å². The van der Waals surface area contributed by atoms with Crippen LogP contribution in [0.15, 0.2) is 35.7 Å². The van der Waals surface area contributed by atoms with Crippen LogP contribution in [0.1, 0.15) is 11.8 Å². The lowest BCUT2D eigenvalue weighted by atomic mass is 10.2. The molecule has 2 aromatic rings. The van der Waals surface area contributed by atoms with E-state index in [9.17, 15) is 18.4 Å². The molecule has 1 aromatic carbocycles. The van der Waals surface area contributed by atoms with Crippen molar-refractivity contribution in [3.8, 4) is 0 Å². The van der Waals surface area contributed by atoms with Gasteiger partial charge in [-0.15, -0.1) is 11.3 Å². The van der Waals surface area contributed by atoms with Crippen LogP contribution in [0.3, 0.4) is 0 Å². The van der Waals surface area contributed by atoms with Crippen molar-refractivity contribution < 1.29 is 23.1 Å². The summed E-state index contributed by atoms with van der Waals surface area (Å²) in [7, 11) is 0. The second-order valence-electron chi connectivity index (χ2n) is 4.50. The van der Waals surface area contributed by atoms with E-state index in [1.807, 2.05) is 5.38 Å². The maximum absolute atomic E-state index is 13.4. The molecule has 0 aliphatic carbocycles. The molecular formula is C15H13F2NO3S. The molecule has 116 valence electrons. The van der Waals surface area contributed by atoms with Crippen LogP contribution in [0, 0.1) is 11.6 Å². The second-order valence-corrected chi connectivity index (χ2v) is 5.53. The first-order valence-electron chi connectivity index (χ1n) is 6.43. The molecule has 22 heavy (non-hydrogen) atoms. The molecule has 1 aromatic heterocycles. The molecule has 7 heteroatoms. The number of benzene rings is 1. The zero-order valence-corrected chi connectivity index (χ0v) is 12.5. The molecule has 0 aliphatic rings. The second kappa shape index (κ2) is 7.13. The van der Waals surface area contributed by atoms with Gasteiger partial charge in [0.25, 0.3) is 5.91 Å². The lowest BCUT2D eigenvalue weighted by molar-refractivity contribution is -0.152. The highest BCUT2D eigenvalue weighted by atomic mass is 32.1. The van der Waals surface area contributed by atoms with E-state index in [-0.39, 0.29) is 12.1 Å². The van der Waals surface area contributed by atoms with Gasteiger partial charge >= 0.3 is 5.97 Å². The number of rotatable bonds is 5. The molecule has 1 N–H and O–H groups in total. The predicted molar refractivity (Wildman–Crippen MR) is 78.6 cm³/mol. The standard InChI is InChI=1S/C15H13F2NO3S/c1-9(21-14(19)8-11-3-2-6-22-11)15(20)18-13-5-4-10(16)7-12(13)17/h2-7,9H,8H2,1H3,(H,18,20). The Morgan fingerprint density at radius 2 is 2.09 bits per heavy atom. The molecular weight excluding hydrogens is 312 g/mol. The number of halogens is 2. The Morgan fingerprint density at radius 1 is 1.32 bits per heavy atom. The van der Waals surface area contributed by atoms with Gasteiger partial charge in [0.1, 0.15) is 11.6 Å². The fourth-order valence-electron chi connectivity index (χ4n) is 1.67. The van der Waals surface area contributed by atoms with Crippen molar-refractivity contribution in [2.45, 2.75) is 19.4 Å². The minimum Gasteiger partial charge on any atom is -0.452 e. The molecule has 1 amide bonds. The minimum atomic E-state index is -1.09. The third kappa shape index (κ3) is 4.36. The number of hydrogen-bond donors (Lipinski definition) is 1. The van der Waals surface area contributed by atoms with Gasteiger partial charge < -0.3 is 10.1 Å². The first kappa shape index (κ1) is 16.1. The molecule has 1 heterocycles. The van der Waals surface area contributed by atoms with Gasteiger partial charge in [0.05, 0.1) is 12.1 Å². The van der Waals surface area contributed by atoms with Gasteiger partial charge in [-0.1, -0.05) is 6.07 Å². The monoisotopic (exact) mass is 325 g/mol. The van der Waals surface area contributed by atoms with Gasteiger partial charge in [-0.2, -0.15) is 0 Å². The van der Waals surface area contributed by atoms with Crippen LogP contribution >= 0.6 is 11.3 Å². The first-order chi connectivity index (χ1) is 10.5. The smallest absolute Gasteiger partial charge is 0.311 e. The lowest BCUT2D eigenvalue weighted by Gasteiger charge is -2.13. The maximum Gasteiger partial charge on any atom is 0.311 e. The Morgan fingerprint density at radius 3 is 2.73 bits per heavy atom. The number of carbonyl (C=O) groups is 2. The summed E-state index contributed by atoms with van der Waals surface area (Å²) in [6.07, 6.45) is -1.02.